The first-order valence-corrected chi connectivity index (χ1v) is 7.18. The second kappa shape index (κ2) is 5.23. The minimum atomic E-state index is -0.220. The fraction of sp³-hybridized carbons (Fsp3) is 0.176. The van der Waals surface area contributed by atoms with Crippen molar-refractivity contribution in [1.29, 1.82) is 5.26 Å². The molecule has 1 atom stereocenters. The molecule has 21 heavy (non-hydrogen) atoms. The van der Waals surface area contributed by atoms with E-state index in [-0.39, 0.29) is 5.38 Å². The number of fused-ring (bicyclic) bond motifs is 1. The van der Waals surface area contributed by atoms with Crippen LogP contribution in [-0.4, -0.2) is 9.55 Å². The van der Waals surface area contributed by atoms with Crippen molar-refractivity contribution in [2.75, 3.05) is 0 Å². The lowest BCUT2D eigenvalue weighted by Gasteiger charge is -2.10. The van der Waals surface area contributed by atoms with E-state index in [0.29, 0.717) is 5.56 Å². The Morgan fingerprint density at radius 3 is 2.71 bits per heavy atom. The van der Waals surface area contributed by atoms with Crippen LogP contribution < -0.4 is 0 Å². The molecule has 0 saturated carbocycles. The van der Waals surface area contributed by atoms with Gasteiger partial charge in [-0.2, -0.15) is 5.26 Å². The van der Waals surface area contributed by atoms with Gasteiger partial charge in [-0.25, -0.2) is 4.98 Å². The van der Waals surface area contributed by atoms with Crippen molar-refractivity contribution < 1.29 is 0 Å². The number of imidazole rings is 1. The molecule has 0 radical (unpaired) electrons. The number of hydrogen-bond donors (Lipinski definition) is 0. The number of halogens is 1. The average Bonchev–Trinajstić information content (AvgIpc) is 2.88. The van der Waals surface area contributed by atoms with E-state index < -0.39 is 0 Å². The molecule has 1 aromatic heterocycles. The third-order valence-corrected chi connectivity index (χ3v) is 3.70. The molecular weight excluding hydrogens is 282 g/mol. The lowest BCUT2D eigenvalue weighted by molar-refractivity contribution is 0.882. The summed E-state index contributed by atoms with van der Waals surface area (Å²) in [5.41, 5.74) is 4.59. The van der Waals surface area contributed by atoms with Crippen molar-refractivity contribution in [3.05, 3.63) is 59.4 Å². The number of aromatic nitrogens is 2. The first-order chi connectivity index (χ1) is 10.1. The molecule has 4 heteroatoms. The number of benzene rings is 2. The SMILES string of the molecule is Cc1cccc2c1nc(C(C)Cl)n2-c1cccc(C#N)c1. The third-order valence-electron chi connectivity index (χ3n) is 3.50. The fourth-order valence-electron chi connectivity index (χ4n) is 2.51. The van der Waals surface area contributed by atoms with Gasteiger partial charge >= 0.3 is 0 Å². The highest BCUT2D eigenvalue weighted by molar-refractivity contribution is 6.20. The van der Waals surface area contributed by atoms with Gasteiger partial charge in [-0.1, -0.05) is 18.2 Å². The molecule has 0 fully saturated rings. The topological polar surface area (TPSA) is 41.6 Å². The lowest BCUT2D eigenvalue weighted by Crippen LogP contribution is -2.02. The Labute approximate surface area is 128 Å². The average molecular weight is 296 g/mol. The van der Waals surface area contributed by atoms with Crippen LogP contribution in [0, 0.1) is 18.3 Å². The smallest absolute Gasteiger partial charge is 0.132 e. The maximum Gasteiger partial charge on any atom is 0.132 e. The molecule has 104 valence electrons. The second-order valence-corrected chi connectivity index (χ2v) is 5.68. The van der Waals surface area contributed by atoms with Crippen LogP contribution in [0.2, 0.25) is 0 Å². The van der Waals surface area contributed by atoms with Gasteiger partial charge in [0.25, 0.3) is 0 Å². The Bertz CT molecular complexity index is 856. The van der Waals surface area contributed by atoms with Crippen LogP contribution in [0.15, 0.2) is 42.5 Å². The van der Waals surface area contributed by atoms with Gasteiger partial charge in [-0.15, -0.1) is 11.6 Å². The molecule has 1 heterocycles. The highest BCUT2D eigenvalue weighted by atomic mass is 35.5. The van der Waals surface area contributed by atoms with Crippen molar-refractivity contribution in [2.45, 2.75) is 19.2 Å². The predicted molar refractivity (Wildman–Crippen MR) is 84.8 cm³/mol. The van der Waals surface area contributed by atoms with Crippen molar-refractivity contribution in [3.63, 3.8) is 0 Å². The number of rotatable bonds is 2. The zero-order valence-corrected chi connectivity index (χ0v) is 12.6. The normalized spacial score (nSPS) is 12.3. The van der Waals surface area contributed by atoms with E-state index in [1.165, 1.54) is 0 Å². The molecule has 3 rings (SSSR count). The van der Waals surface area contributed by atoms with Crippen LogP contribution in [0.4, 0.5) is 0 Å². The summed E-state index contributed by atoms with van der Waals surface area (Å²) in [6.45, 7) is 3.94. The number of para-hydroxylation sites is 1. The molecule has 1 unspecified atom stereocenters. The Balaban J connectivity index is 2.37. The molecule has 0 aliphatic heterocycles. The number of nitrogens with zero attached hydrogens (tertiary/aromatic N) is 3. The summed E-state index contributed by atoms with van der Waals surface area (Å²) in [6.07, 6.45) is 0. The predicted octanol–water partition coefficient (Wildman–Crippen LogP) is 4.51. The largest absolute Gasteiger partial charge is 0.295 e. The molecule has 0 aliphatic rings. The molecule has 3 nitrogen and oxygen atoms in total. The molecule has 0 N–H and O–H groups in total. The van der Waals surface area contributed by atoms with Crippen LogP contribution in [0.25, 0.3) is 16.7 Å². The third kappa shape index (κ3) is 2.28. The summed E-state index contributed by atoms with van der Waals surface area (Å²) >= 11 is 6.31. The molecule has 0 bridgehead atoms. The second-order valence-electron chi connectivity index (χ2n) is 5.03. The van der Waals surface area contributed by atoms with Crippen LogP contribution in [0.1, 0.15) is 29.3 Å². The summed E-state index contributed by atoms with van der Waals surface area (Å²) in [4.78, 5) is 4.69. The Morgan fingerprint density at radius 2 is 2.00 bits per heavy atom. The Kier molecular flexibility index (Phi) is 3.40. The highest BCUT2D eigenvalue weighted by Gasteiger charge is 2.17. The summed E-state index contributed by atoms with van der Waals surface area (Å²) < 4.78 is 2.03. The van der Waals surface area contributed by atoms with Gasteiger partial charge in [0.05, 0.1) is 28.0 Å². The number of aryl methyl sites for hydroxylation is 1. The fourth-order valence-corrected chi connectivity index (χ4v) is 2.66. The van der Waals surface area contributed by atoms with Crippen LogP contribution in [0.5, 0.6) is 0 Å². The highest BCUT2D eigenvalue weighted by Crippen LogP contribution is 2.29. The zero-order chi connectivity index (χ0) is 15.0. The summed E-state index contributed by atoms with van der Waals surface area (Å²) in [5, 5.41) is 8.87. The van der Waals surface area contributed by atoms with Gasteiger partial charge in [-0.3, -0.25) is 4.57 Å². The van der Waals surface area contributed by atoms with Gasteiger partial charge in [0.1, 0.15) is 5.82 Å². The monoisotopic (exact) mass is 295 g/mol. The maximum absolute atomic E-state index is 9.09. The van der Waals surface area contributed by atoms with Crippen LogP contribution in [0.3, 0.4) is 0 Å². The molecule has 0 saturated heterocycles. The number of alkyl halides is 1. The molecule has 0 aliphatic carbocycles. The Hall–Kier alpha value is -2.31. The minimum Gasteiger partial charge on any atom is -0.295 e. The first-order valence-electron chi connectivity index (χ1n) is 6.74. The number of nitriles is 1. The molecule has 0 spiro atoms. The zero-order valence-electron chi connectivity index (χ0n) is 11.8. The summed E-state index contributed by atoms with van der Waals surface area (Å²) in [7, 11) is 0. The van der Waals surface area contributed by atoms with E-state index in [0.717, 1.165) is 28.1 Å². The summed E-state index contributed by atoms with van der Waals surface area (Å²) in [6, 6.07) is 15.7. The molecule has 3 aromatic rings. The van der Waals surface area contributed by atoms with E-state index in [9.17, 15) is 0 Å². The Morgan fingerprint density at radius 1 is 1.24 bits per heavy atom. The van der Waals surface area contributed by atoms with Gasteiger partial charge in [-0.05, 0) is 43.7 Å². The maximum atomic E-state index is 9.09. The summed E-state index contributed by atoms with van der Waals surface area (Å²) in [5.74, 6) is 0.788. The van der Waals surface area contributed by atoms with Gasteiger partial charge in [0.2, 0.25) is 0 Å². The van der Waals surface area contributed by atoms with Crippen LogP contribution in [-0.2, 0) is 0 Å². The molecule has 2 aromatic carbocycles. The van der Waals surface area contributed by atoms with Gasteiger partial charge in [0.15, 0.2) is 0 Å². The van der Waals surface area contributed by atoms with Crippen LogP contribution >= 0.6 is 11.6 Å². The standard InChI is InChI=1S/C17H14ClN3/c1-11-5-3-8-15-16(11)20-17(12(2)18)21(15)14-7-4-6-13(9-14)10-19/h3-9,12H,1-2H3. The number of hydrogen-bond acceptors (Lipinski definition) is 2. The quantitative estimate of drug-likeness (QED) is 0.653. The van der Waals surface area contributed by atoms with E-state index in [1.807, 2.05) is 54.8 Å². The van der Waals surface area contributed by atoms with Crippen molar-refractivity contribution in [3.8, 4) is 11.8 Å². The van der Waals surface area contributed by atoms with Crippen molar-refractivity contribution >= 4 is 22.6 Å². The minimum absolute atomic E-state index is 0.220. The van der Waals surface area contributed by atoms with E-state index >= 15 is 0 Å². The van der Waals surface area contributed by atoms with Gasteiger partial charge in [0, 0.05) is 5.69 Å². The van der Waals surface area contributed by atoms with E-state index in [1.54, 1.807) is 6.07 Å². The van der Waals surface area contributed by atoms with Crippen molar-refractivity contribution in [1.82, 2.24) is 9.55 Å². The van der Waals surface area contributed by atoms with E-state index in [4.69, 9.17) is 21.8 Å². The lowest BCUT2D eigenvalue weighted by atomic mass is 10.2. The first kappa shape index (κ1) is 13.7. The molecular formula is C17H14ClN3. The molecule has 0 amide bonds. The van der Waals surface area contributed by atoms with E-state index in [2.05, 4.69) is 6.07 Å². The van der Waals surface area contributed by atoms with Gasteiger partial charge < -0.3 is 0 Å². The van der Waals surface area contributed by atoms with Crippen molar-refractivity contribution in [2.24, 2.45) is 0 Å².